The first-order valence-electron chi connectivity index (χ1n) is 5.57. The fraction of sp³-hybridized carbons (Fsp3) is 0.250. The highest BCUT2D eigenvalue weighted by Gasteiger charge is 2.04. The molecule has 2 aromatic rings. The Morgan fingerprint density at radius 3 is 2.78 bits per heavy atom. The highest BCUT2D eigenvalue weighted by molar-refractivity contribution is 7.99. The Bertz CT molecular complexity index is 507. The van der Waals surface area contributed by atoms with Crippen LogP contribution in [-0.4, -0.2) is 21.6 Å². The molecule has 0 fully saturated rings. The fourth-order valence-corrected chi connectivity index (χ4v) is 2.16. The molecule has 0 saturated heterocycles. The van der Waals surface area contributed by atoms with Crippen LogP contribution in [0.25, 0.3) is 0 Å². The van der Waals surface area contributed by atoms with E-state index in [-0.39, 0.29) is 0 Å². The molecule has 0 aliphatic rings. The lowest BCUT2D eigenvalue weighted by Crippen LogP contribution is -2.03. The maximum atomic E-state index is 5.75. The number of nitrogen functional groups attached to an aromatic ring is 1. The van der Waals surface area contributed by atoms with Crippen LogP contribution in [0.3, 0.4) is 0 Å². The Hall–Kier alpha value is -1.66. The molecule has 0 unspecified atom stereocenters. The number of hydrogen-bond acceptors (Lipinski definition) is 6. The minimum absolute atomic E-state index is 0.380. The zero-order valence-corrected chi connectivity index (χ0v) is 10.9. The zero-order chi connectivity index (χ0) is 12.8. The second-order valence-corrected chi connectivity index (χ2v) is 4.56. The van der Waals surface area contributed by atoms with Crippen molar-refractivity contribution in [3.8, 4) is 0 Å². The van der Waals surface area contributed by atoms with Gasteiger partial charge in [-0.05, 0) is 19.1 Å². The summed E-state index contributed by atoms with van der Waals surface area (Å²) in [7, 11) is 0. The predicted molar refractivity (Wildman–Crippen MR) is 70.1 cm³/mol. The van der Waals surface area contributed by atoms with Crippen LogP contribution in [0.4, 0.5) is 5.82 Å². The highest BCUT2D eigenvalue weighted by atomic mass is 32.2. The summed E-state index contributed by atoms with van der Waals surface area (Å²) in [5, 5.41) is 0.809. The molecular formula is C12H14N4OS. The zero-order valence-electron chi connectivity index (χ0n) is 10.0. The number of nitrogens with two attached hydrogens (primary N) is 1. The van der Waals surface area contributed by atoms with E-state index < -0.39 is 0 Å². The quantitative estimate of drug-likeness (QED) is 0.832. The van der Waals surface area contributed by atoms with Gasteiger partial charge in [-0.15, -0.1) is 0 Å². The summed E-state index contributed by atoms with van der Waals surface area (Å²) in [6, 6.07) is 5.59. The number of anilines is 1. The normalized spacial score (nSPS) is 10.5. The van der Waals surface area contributed by atoms with Crippen LogP contribution >= 0.6 is 11.8 Å². The average molecular weight is 262 g/mol. The van der Waals surface area contributed by atoms with Crippen molar-refractivity contribution in [3.63, 3.8) is 0 Å². The van der Waals surface area contributed by atoms with Crippen LogP contribution < -0.4 is 5.73 Å². The van der Waals surface area contributed by atoms with Gasteiger partial charge in [-0.3, -0.25) is 4.98 Å². The number of hydrogen-bond donors (Lipinski definition) is 1. The van der Waals surface area contributed by atoms with Crippen molar-refractivity contribution in [1.82, 2.24) is 15.0 Å². The van der Waals surface area contributed by atoms with Crippen molar-refractivity contribution in [1.29, 1.82) is 0 Å². The van der Waals surface area contributed by atoms with Gasteiger partial charge in [-0.25, -0.2) is 9.97 Å². The molecule has 0 aromatic carbocycles. The van der Waals surface area contributed by atoms with E-state index in [1.807, 2.05) is 19.1 Å². The van der Waals surface area contributed by atoms with Crippen LogP contribution in [0.1, 0.15) is 12.7 Å². The summed E-state index contributed by atoms with van der Waals surface area (Å²) in [5.74, 6) is 1.06. The molecule has 0 spiro atoms. The number of rotatable bonds is 5. The number of aromatic nitrogens is 3. The maximum Gasteiger partial charge on any atom is 0.157 e. The molecular weight excluding hydrogens is 248 g/mol. The molecule has 5 nitrogen and oxygen atoms in total. The van der Waals surface area contributed by atoms with E-state index in [9.17, 15) is 0 Å². The highest BCUT2D eigenvalue weighted by Crippen LogP contribution is 2.26. The Kier molecular flexibility index (Phi) is 4.49. The number of pyridine rings is 1. The van der Waals surface area contributed by atoms with Gasteiger partial charge in [0.15, 0.2) is 5.82 Å². The second-order valence-electron chi connectivity index (χ2n) is 3.47. The summed E-state index contributed by atoms with van der Waals surface area (Å²) in [4.78, 5) is 13.6. The number of nitrogens with zero attached hydrogens (tertiary/aromatic N) is 3. The van der Waals surface area contributed by atoms with Crippen molar-refractivity contribution in [3.05, 3.63) is 36.4 Å². The van der Waals surface area contributed by atoms with Crippen molar-refractivity contribution >= 4 is 17.6 Å². The molecule has 18 heavy (non-hydrogen) atoms. The van der Waals surface area contributed by atoms with Gasteiger partial charge in [0, 0.05) is 30.0 Å². The minimum atomic E-state index is 0.380. The molecule has 0 bridgehead atoms. The van der Waals surface area contributed by atoms with E-state index in [0.29, 0.717) is 24.9 Å². The number of ether oxygens (including phenoxy) is 1. The maximum absolute atomic E-state index is 5.75. The van der Waals surface area contributed by atoms with Crippen molar-refractivity contribution in [2.24, 2.45) is 0 Å². The summed E-state index contributed by atoms with van der Waals surface area (Å²) in [6.45, 7) is 2.94. The van der Waals surface area contributed by atoms with Crippen LogP contribution in [-0.2, 0) is 11.3 Å². The van der Waals surface area contributed by atoms with E-state index in [1.165, 1.54) is 11.8 Å². The summed E-state index contributed by atoms with van der Waals surface area (Å²) in [5.41, 5.74) is 5.75. The topological polar surface area (TPSA) is 73.9 Å². The Morgan fingerprint density at radius 2 is 2.06 bits per heavy atom. The third-order valence-electron chi connectivity index (χ3n) is 2.08. The van der Waals surface area contributed by atoms with E-state index in [1.54, 1.807) is 18.5 Å². The van der Waals surface area contributed by atoms with E-state index >= 15 is 0 Å². The lowest BCUT2D eigenvalue weighted by molar-refractivity contribution is 0.128. The molecule has 2 N–H and O–H groups in total. The van der Waals surface area contributed by atoms with Crippen LogP contribution in [0.15, 0.2) is 40.5 Å². The van der Waals surface area contributed by atoms with Gasteiger partial charge in [0.1, 0.15) is 17.5 Å². The van der Waals surface area contributed by atoms with E-state index in [0.717, 1.165) is 9.92 Å². The SMILES string of the molecule is CCOCc1nc(N)cc(Sc2ccncc2)n1. The van der Waals surface area contributed by atoms with Gasteiger partial charge in [0.05, 0.1) is 0 Å². The molecule has 0 saturated carbocycles. The smallest absolute Gasteiger partial charge is 0.157 e. The van der Waals surface area contributed by atoms with Gasteiger partial charge < -0.3 is 10.5 Å². The lowest BCUT2D eigenvalue weighted by Gasteiger charge is -2.05. The van der Waals surface area contributed by atoms with Crippen molar-refractivity contribution < 1.29 is 4.74 Å². The third-order valence-corrected chi connectivity index (χ3v) is 3.00. The Balaban J connectivity index is 2.15. The molecule has 2 aromatic heterocycles. The van der Waals surface area contributed by atoms with E-state index in [4.69, 9.17) is 10.5 Å². The van der Waals surface area contributed by atoms with Gasteiger partial charge in [-0.1, -0.05) is 11.8 Å². The molecule has 0 amide bonds. The molecule has 6 heteroatoms. The molecule has 0 atom stereocenters. The largest absolute Gasteiger partial charge is 0.384 e. The first-order valence-corrected chi connectivity index (χ1v) is 6.38. The fourth-order valence-electron chi connectivity index (χ4n) is 1.33. The Morgan fingerprint density at radius 1 is 1.28 bits per heavy atom. The minimum Gasteiger partial charge on any atom is -0.384 e. The van der Waals surface area contributed by atoms with Gasteiger partial charge in [-0.2, -0.15) is 0 Å². The molecule has 0 radical (unpaired) electrons. The molecule has 0 aliphatic carbocycles. The van der Waals surface area contributed by atoms with E-state index in [2.05, 4.69) is 15.0 Å². The summed E-state index contributed by atoms with van der Waals surface area (Å²) in [6.07, 6.45) is 3.49. The monoisotopic (exact) mass is 262 g/mol. The standard InChI is InChI=1S/C12H14N4OS/c1-2-17-8-11-15-10(13)7-12(16-11)18-9-3-5-14-6-4-9/h3-7H,2,8H2,1H3,(H2,13,15,16). The summed E-state index contributed by atoms with van der Waals surface area (Å²) < 4.78 is 5.28. The van der Waals surface area contributed by atoms with Crippen LogP contribution in [0.2, 0.25) is 0 Å². The van der Waals surface area contributed by atoms with Crippen molar-refractivity contribution in [2.45, 2.75) is 23.5 Å². The first-order chi connectivity index (χ1) is 8.78. The van der Waals surface area contributed by atoms with Gasteiger partial charge in [0.25, 0.3) is 0 Å². The van der Waals surface area contributed by atoms with Gasteiger partial charge >= 0.3 is 0 Å². The Labute approximate surface area is 110 Å². The molecule has 0 aliphatic heterocycles. The second kappa shape index (κ2) is 6.32. The third kappa shape index (κ3) is 3.68. The van der Waals surface area contributed by atoms with Crippen LogP contribution in [0.5, 0.6) is 0 Å². The van der Waals surface area contributed by atoms with Crippen molar-refractivity contribution in [2.75, 3.05) is 12.3 Å². The van der Waals surface area contributed by atoms with Gasteiger partial charge in [0.2, 0.25) is 0 Å². The first kappa shape index (κ1) is 12.8. The summed E-state index contributed by atoms with van der Waals surface area (Å²) >= 11 is 1.52. The molecule has 2 heterocycles. The molecule has 2 rings (SSSR count). The van der Waals surface area contributed by atoms with Crippen LogP contribution in [0, 0.1) is 0 Å². The molecule has 94 valence electrons. The average Bonchev–Trinajstić information content (AvgIpc) is 2.37. The predicted octanol–water partition coefficient (Wildman–Crippen LogP) is 2.14. The lowest BCUT2D eigenvalue weighted by atomic mass is 10.5.